The van der Waals surface area contributed by atoms with Crippen molar-refractivity contribution in [1.82, 2.24) is 4.98 Å². The van der Waals surface area contributed by atoms with Gasteiger partial charge in [0.05, 0.1) is 23.9 Å². The zero-order valence-corrected chi connectivity index (χ0v) is 16.2. The minimum Gasteiger partial charge on any atom is -0.465 e. The second-order valence-electron chi connectivity index (χ2n) is 5.33. The second-order valence-corrected chi connectivity index (χ2v) is 7.10. The fourth-order valence-corrected chi connectivity index (χ4v) is 3.35. The lowest BCUT2D eigenvalue weighted by Gasteiger charge is -2.00. The van der Waals surface area contributed by atoms with Gasteiger partial charge in [0.2, 0.25) is 0 Å². The Morgan fingerprint density at radius 3 is 2.50 bits per heavy atom. The normalized spacial score (nSPS) is 11.0. The van der Waals surface area contributed by atoms with Gasteiger partial charge >= 0.3 is 5.97 Å². The number of hydrogen-bond acceptors (Lipinski definition) is 5. The molecule has 3 rings (SSSR count). The molecule has 0 amide bonds. The van der Waals surface area contributed by atoms with Crippen molar-refractivity contribution in [2.24, 2.45) is 0 Å². The van der Waals surface area contributed by atoms with E-state index in [1.165, 1.54) is 18.4 Å². The number of benzene rings is 2. The van der Waals surface area contributed by atoms with Gasteiger partial charge in [-0.2, -0.15) is 5.26 Å². The SMILES string of the molecule is COC(=O)c1ccc(C=C(C#N)c2nc(-c3ccc(Br)cc3)cs2)cc1. The summed E-state index contributed by atoms with van der Waals surface area (Å²) in [4.78, 5) is 16.1. The molecule has 0 fully saturated rings. The van der Waals surface area contributed by atoms with Gasteiger partial charge in [-0.3, -0.25) is 0 Å². The maximum atomic E-state index is 11.5. The van der Waals surface area contributed by atoms with E-state index in [2.05, 4.69) is 31.7 Å². The van der Waals surface area contributed by atoms with Crippen molar-refractivity contribution in [2.75, 3.05) is 7.11 Å². The predicted molar refractivity (Wildman–Crippen MR) is 107 cm³/mol. The summed E-state index contributed by atoms with van der Waals surface area (Å²) in [6.07, 6.45) is 1.76. The Bertz CT molecular complexity index is 1000. The lowest BCUT2D eigenvalue weighted by Crippen LogP contribution is -2.00. The number of esters is 1. The number of aromatic nitrogens is 1. The van der Waals surface area contributed by atoms with E-state index in [0.29, 0.717) is 16.1 Å². The van der Waals surface area contributed by atoms with Gasteiger partial charge in [0.1, 0.15) is 11.1 Å². The van der Waals surface area contributed by atoms with E-state index < -0.39 is 0 Å². The highest BCUT2D eigenvalue weighted by molar-refractivity contribution is 9.10. The molecule has 2 aromatic carbocycles. The molecule has 0 bridgehead atoms. The maximum absolute atomic E-state index is 11.5. The topological polar surface area (TPSA) is 63.0 Å². The first-order valence-corrected chi connectivity index (χ1v) is 9.30. The first-order valence-electron chi connectivity index (χ1n) is 7.62. The largest absolute Gasteiger partial charge is 0.465 e. The lowest BCUT2D eigenvalue weighted by molar-refractivity contribution is 0.0600. The van der Waals surface area contributed by atoms with Crippen molar-refractivity contribution < 1.29 is 9.53 Å². The number of thiazole rings is 1. The molecule has 0 atom stereocenters. The number of carbonyl (C=O) groups is 1. The van der Waals surface area contributed by atoms with Crippen LogP contribution in [0.15, 0.2) is 58.4 Å². The molecule has 0 N–H and O–H groups in total. The number of methoxy groups -OCH3 is 1. The van der Waals surface area contributed by atoms with E-state index in [9.17, 15) is 10.1 Å². The Kier molecular flexibility index (Phi) is 5.61. The summed E-state index contributed by atoms with van der Waals surface area (Å²) in [5.41, 5.74) is 3.59. The van der Waals surface area contributed by atoms with E-state index in [4.69, 9.17) is 0 Å². The Hall–Kier alpha value is -2.75. The summed E-state index contributed by atoms with van der Waals surface area (Å²) in [6.45, 7) is 0. The molecule has 0 aliphatic rings. The summed E-state index contributed by atoms with van der Waals surface area (Å²) >= 11 is 4.84. The number of carbonyl (C=O) groups excluding carboxylic acids is 1. The van der Waals surface area contributed by atoms with E-state index >= 15 is 0 Å². The number of halogens is 1. The summed E-state index contributed by atoms with van der Waals surface area (Å²) in [7, 11) is 1.34. The van der Waals surface area contributed by atoms with Gasteiger partial charge in [0.25, 0.3) is 0 Å². The van der Waals surface area contributed by atoms with E-state index in [0.717, 1.165) is 21.3 Å². The first kappa shape index (κ1) is 18.1. The van der Waals surface area contributed by atoms with E-state index in [-0.39, 0.29) is 5.97 Å². The average molecular weight is 425 g/mol. The zero-order valence-electron chi connectivity index (χ0n) is 13.8. The van der Waals surface area contributed by atoms with Crippen LogP contribution in [-0.4, -0.2) is 18.1 Å². The second kappa shape index (κ2) is 8.09. The molecule has 26 heavy (non-hydrogen) atoms. The summed E-state index contributed by atoms with van der Waals surface area (Å²) < 4.78 is 5.69. The summed E-state index contributed by atoms with van der Waals surface area (Å²) in [5.74, 6) is -0.389. The van der Waals surface area contributed by atoms with Crippen LogP contribution in [0.25, 0.3) is 22.9 Å². The van der Waals surface area contributed by atoms with Crippen molar-refractivity contribution in [1.29, 1.82) is 5.26 Å². The fourth-order valence-electron chi connectivity index (χ4n) is 2.29. The Morgan fingerprint density at radius 2 is 1.88 bits per heavy atom. The molecule has 6 heteroatoms. The molecular weight excluding hydrogens is 412 g/mol. The van der Waals surface area contributed by atoms with Crippen LogP contribution < -0.4 is 0 Å². The maximum Gasteiger partial charge on any atom is 0.337 e. The standard InChI is InChI=1S/C20H13BrN2O2S/c1-25-20(24)15-4-2-13(3-5-15)10-16(11-22)19-23-18(12-26-19)14-6-8-17(21)9-7-14/h2-10,12H,1H3. The van der Waals surface area contributed by atoms with Gasteiger partial charge in [-0.25, -0.2) is 9.78 Å². The van der Waals surface area contributed by atoms with Crippen LogP contribution in [-0.2, 0) is 4.74 Å². The van der Waals surface area contributed by atoms with Crippen LogP contribution in [0.4, 0.5) is 0 Å². The van der Waals surface area contributed by atoms with E-state index in [1.807, 2.05) is 29.6 Å². The highest BCUT2D eigenvalue weighted by atomic mass is 79.9. The predicted octanol–water partition coefficient (Wildman–Crippen LogP) is 5.42. The van der Waals surface area contributed by atoms with Crippen molar-refractivity contribution in [3.8, 4) is 17.3 Å². The molecule has 1 aromatic heterocycles. The number of hydrogen-bond donors (Lipinski definition) is 0. The molecule has 0 spiro atoms. The monoisotopic (exact) mass is 424 g/mol. The molecule has 0 saturated carbocycles. The third kappa shape index (κ3) is 4.07. The van der Waals surface area contributed by atoms with Crippen LogP contribution in [0.3, 0.4) is 0 Å². The number of rotatable bonds is 4. The third-order valence-electron chi connectivity index (χ3n) is 3.64. The van der Waals surface area contributed by atoms with Gasteiger partial charge in [-0.05, 0) is 35.9 Å². The Labute approximate surface area is 163 Å². The molecule has 0 saturated heterocycles. The van der Waals surface area contributed by atoms with Gasteiger partial charge in [-0.15, -0.1) is 11.3 Å². The van der Waals surface area contributed by atoms with Crippen LogP contribution in [0.2, 0.25) is 0 Å². The van der Waals surface area contributed by atoms with Crippen molar-refractivity contribution in [2.45, 2.75) is 0 Å². The number of nitriles is 1. The van der Waals surface area contributed by atoms with Crippen molar-refractivity contribution in [3.63, 3.8) is 0 Å². The van der Waals surface area contributed by atoms with Gasteiger partial charge < -0.3 is 4.74 Å². The first-order chi connectivity index (χ1) is 12.6. The van der Waals surface area contributed by atoms with Crippen LogP contribution in [0.1, 0.15) is 20.9 Å². The van der Waals surface area contributed by atoms with Gasteiger partial charge in [0.15, 0.2) is 0 Å². The average Bonchev–Trinajstić information content (AvgIpc) is 3.16. The minimum absolute atomic E-state index is 0.389. The lowest BCUT2D eigenvalue weighted by atomic mass is 10.1. The molecular formula is C20H13BrN2O2S. The van der Waals surface area contributed by atoms with Gasteiger partial charge in [0, 0.05) is 15.4 Å². The van der Waals surface area contributed by atoms with Crippen LogP contribution in [0, 0.1) is 11.3 Å². The summed E-state index contributed by atoms with van der Waals surface area (Å²) in [5, 5.41) is 12.1. The molecule has 0 radical (unpaired) electrons. The van der Waals surface area contributed by atoms with Gasteiger partial charge in [-0.1, -0.05) is 40.2 Å². The van der Waals surface area contributed by atoms with Crippen LogP contribution >= 0.6 is 27.3 Å². The highest BCUT2D eigenvalue weighted by Crippen LogP contribution is 2.28. The number of allylic oxidation sites excluding steroid dienone is 1. The van der Waals surface area contributed by atoms with Crippen molar-refractivity contribution >= 4 is 44.9 Å². The van der Waals surface area contributed by atoms with E-state index in [1.54, 1.807) is 30.3 Å². The summed E-state index contributed by atoms with van der Waals surface area (Å²) in [6, 6.07) is 16.9. The fraction of sp³-hybridized carbons (Fsp3) is 0.0500. The molecule has 0 unspecified atom stereocenters. The Morgan fingerprint density at radius 1 is 1.19 bits per heavy atom. The van der Waals surface area contributed by atoms with Crippen molar-refractivity contribution in [3.05, 3.63) is 74.5 Å². The smallest absolute Gasteiger partial charge is 0.337 e. The molecule has 0 aliphatic carbocycles. The zero-order chi connectivity index (χ0) is 18.5. The number of nitrogens with zero attached hydrogens (tertiary/aromatic N) is 2. The third-order valence-corrected chi connectivity index (χ3v) is 5.04. The number of ether oxygens (including phenoxy) is 1. The minimum atomic E-state index is -0.389. The quantitative estimate of drug-likeness (QED) is 0.414. The molecule has 3 aromatic rings. The van der Waals surface area contributed by atoms with Crippen LogP contribution in [0.5, 0.6) is 0 Å². The molecule has 1 heterocycles. The molecule has 0 aliphatic heterocycles. The molecule has 128 valence electrons. The molecule has 4 nitrogen and oxygen atoms in total. The highest BCUT2D eigenvalue weighted by Gasteiger charge is 2.10. The Balaban J connectivity index is 1.87.